The zero-order chi connectivity index (χ0) is 23.8. The topological polar surface area (TPSA) is 163 Å². The Morgan fingerprint density at radius 3 is 2.35 bits per heavy atom. The molecule has 0 aromatic rings. The van der Waals surface area contributed by atoms with Gasteiger partial charge in [-0.2, -0.15) is 0 Å². The maximum absolute atomic E-state index is 11.8. The molecule has 10 heteroatoms. The lowest BCUT2D eigenvalue weighted by atomic mass is 9.96. The van der Waals surface area contributed by atoms with Crippen LogP contribution in [-0.2, 0) is 23.8 Å². The first kappa shape index (κ1) is 27.2. The fraction of sp³-hybridized carbons (Fsp3) is 0.714. The van der Waals surface area contributed by atoms with Gasteiger partial charge in [-0.25, -0.2) is 0 Å². The standard InChI is InChI=1S/C21H34O10/c1-5-21(4,8-6-7-12(2)3)31-20-19(28)18(27)17(26)14(30-20)11-29-16(25)10-13(22)9-15(23)24/h5,7,13-14,17-20,22,26-28H,1,6,8-11H2,2-4H3,(H,23,24)/t13?,14-,17-,18+,19-,20+,21?/m1/s1. The van der Waals surface area contributed by atoms with Crippen molar-refractivity contribution in [1.82, 2.24) is 0 Å². The molecule has 0 amide bonds. The molecule has 0 spiro atoms. The SMILES string of the molecule is C=CC(C)(CCC=C(C)C)O[C@@H]1O[C@H](COC(=O)CC(O)CC(=O)O)[C@@H](O)[C@H](O)[C@H]1O. The molecule has 7 atom stereocenters. The number of carboxylic acids is 1. The number of aliphatic hydroxyl groups excluding tert-OH is 4. The van der Waals surface area contributed by atoms with Crippen molar-refractivity contribution in [3.8, 4) is 0 Å². The molecule has 5 N–H and O–H groups in total. The molecule has 2 unspecified atom stereocenters. The van der Waals surface area contributed by atoms with Crippen molar-refractivity contribution < 1.29 is 49.3 Å². The summed E-state index contributed by atoms with van der Waals surface area (Å²) in [6.07, 6.45) is -5.09. The van der Waals surface area contributed by atoms with Gasteiger partial charge in [0.1, 0.15) is 31.0 Å². The fourth-order valence-electron chi connectivity index (χ4n) is 2.97. The van der Waals surface area contributed by atoms with Crippen LogP contribution in [0.15, 0.2) is 24.3 Å². The highest BCUT2D eigenvalue weighted by Crippen LogP contribution is 2.29. The summed E-state index contributed by atoms with van der Waals surface area (Å²) in [4.78, 5) is 22.3. The Morgan fingerprint density at radius 2 is 1.81 bits per heavy atom. The molecule has 0 radical (unpaired) electrons. The quantitative estimate of drug-likeness (QED) is 0.208. The van der Waals surface area contributed by atoms with Crippen molar-refractivity contribution in [1.29, 1.82) is 0 Å². The van der Waals surface area contributed by atoms with E-state index in [1.54, 1.807) is 13.0 Å². The van der Waals surface area contributed by atoms with Crippen LogP contribution in [0.25, 0.3) is 0 Å². The van der Waals surface area contributed by atoms with E-state index in [0.29, 0.717) is 12.8 Å². The van der Waals surface area contributed by atoms with E-state index in [1.165, 1.54) is 0 Å². The normalized spacial score (nSPS) is 28.8. The predicted octanol–water partition coefficient (Wildman–Crippen LogP) is 0.271. The summed E-state index contributed by atoms with van der Waals surface area (Å²) < 4.78 is 16.3. The summed E-state index contributed by atoms with van der Waals surface area (Å²) >= 11 is 0. The Balaban J connectivity index is 2.73. The Kier molecular flexibility index (Phi) is 10.8. The number of carboxylic acid groups (broad SMARTS) is 1. The van der Waals surface area contributed by atoms with E-state index in [-0.39, 0.29) is 0 Å². The lowest BCUT2D eigenvalue weighted by molar-refractivity contribution is -0.320. The molecule has 31 heavy (non-hydrogen) atoms. The van der Waals surface area contributed by atoms with Gasteiger partial charge in [-0.3, -0.25) is 9.59 Å². The Bertz CT molecular complexity index is 644. The van der Waals surface area contributed by atoms with Crippen LogP contribution < -0.4 is 0 Å². The smallest absolute Gasteiger partial charge is 0.308 e. The van der Waals surface area contributed by atoms with E-state index in [9.17, 15) is 30.0 Å². The monoisotopic (exact) mass is 446 g/mol. The minimum absolute atomic E-state index is 0.494. The molecular weight excluding hydrogens is 412 g/mol. The molecule has 1 fully saturated rings. The van der Waals surface area contributed by atoms with Crippen LogP contribution in [0.4, 0.5) is 0 Å². The summed E-state index contributed by atoms with van der Waals surface area (Å²) in [6, 6.07) is 0. The van der Waals surface area contributed by atoms with Crippen LogP contribution in [0.5, 0.6) is 0 Å². The maximum atomic E-state index is 11.8. The van der Waals surface area contributed by atoms with Gasteiger partial charge in [0, 0.05) is 0 Å². The van der Waals surface area contributed by atoms with Crippen molar-refractivity contribution >= 4 is 11.9 Å². The number of ether oxygens (including phenoxy) is 3. The third-order valence-corrected chi connectivity index (χ3v) is 4.90. The van der Waals surface area contributed by atoms with Gasteiger partial charge in [0.2, 0.25) is 0 Å². The Hall–Kier alpha value is -1.82. The molecule has 1 heterocycles. The highest BCUT2D eigenvalue weighted by atomic mass is 16.7. The van der Waals surface area contributed by atoms with E-state index >= 15 is 0 Å². The molecule has 10 nitrogen and oxygen atoms in total. The first-order chi connectivity index (χ1) is 14.4. The second kappa shape index (κ2) is 12.3. The second-order valence-electron chi connectivity index (χ2n) is 8.11. The zero-order valence-corrected chi connectivity index (χ0v) is 18.1. The van der Waals surface area contributed by atoms with E-state index in [2.05, 4.69) is 6.58 Å². The van der Waals surface area contributed by atoms with Crippen molar-refractivity contribution in [2.45, 2.75) is 88.9 Å². The van der Waals surface area contributed by atoms with Crippen molar-refractivity contribution in [3.05, 3.63) is 24.3 Å². The fourth-order valence-corrected chi connectivity index (χ4v) is 2.97. The van der Waals surface area contributed by atoms with Crippen LogP contribution in [0, 0.1) is 0 Å². The van der Waals surface area contributed by atoms with E-state index in [0.717, 1.165) is 5.57 Å². The minimum atomic E-state index is -1.62. The molecule has 0 aliphatic carbocycles. The number of aliphatic hydroxyl groups is 4. The second-order valence-corrected chi connectivity index (χ2v) is 8.11. The lowest BCUT2D eigenvalue weighted by Gasteiger charge is -2.43. The van der Waals surface area contributed by atoms with Crippen molar-refractivity contribution in [2.75, 3.05) is 6.61 Å². The molecular formula is C21H34O10. The summed E-state index contributed by atoms with van der Waals surface area (Å²) in [5.74, 6) is -2.17. The number of carbonyl (C=O) groups excluding carboxylic acids is 1. The van der Waals surface area contributed by atoms with Gasteiger partial charge in [-0.15, -0.1) is 6.58 Å². The average molecular weight is 446 g/mol. The average Bonchev–Trinajstić information content (AvgIpc) is 2.66. The predicted molar refractivity (Wildman–Crippen MR) is 109 cm³/mol. The number of hydrogen-bond acceptors (Lipinski definition) is 9. The van der Waals surface area contributed by atoms with E-state index < -0.39 is 73.8 Å². The molecule has 0 aromatic carbocycles. The molecule has 1 aliphatic rings. The molecule has 1 saturated heterocycles. The van der Waals surface area contributed by atoms with E-state index in [1.807, 2.05) is 19.9 Å². The molecule has 1 rings (SSSR count). The summed E-state index contributed by atoms with van der Waals surface area (Å²) in [6.45, 7) is 8.92. The minimum Gasteiger partial charge on any atom is -0.481 e. The van der Waals surface area contributed by atoms with Crippen molar-refractivity contribution in [2.24, 2.45) is 0 Å². The third-order valence-electron chi connectivity index (χ3n) is 4.90. The molecule has 0 aromatic heterocycles. The van der Waals surface area contributed by atoms with Gasteiger partial charge in [0.25, 0.3) is 0 Å². The molecule has 1 aliphatic heterocycles. The third kappa shape index (κ3) is 9.06. The molecule has 0 saturated carbocycles. The van der Waals surface area contributed by atoms with Crippen LogP contribution >= 0.6 is 0 Å². The van der Waals surface area contributed by atoms with Gasteiger partial charge in [-0.1, -0.05) is 17.7 Å². The van der Waals surface area contributed by atoms with Crippen LogP contribution in [0.1, 0.15) is 46.5 Å². The number of esters is 1. The number of allylic oxidation sites excluding steroid dienone is 2. The Morgan fingerprint density at radius 1 is 1.16 bits per heavy atom. The van der Waals surface area contributed by atoms with Crippen molar-refractivity contribution in [3.63, 3.8) is 0 Å². The van der Waals surface area contributed by atoms with Crippen LogP contribution in [0.2, 0.25) is 0 Å². The van der Waals surface area contributed by atoms with Crippen LogP contribution in [-0.4, -0.2) is 86.5 Å². The molecule has 0 bridgehead atoms. The van der Waals surface area contributed by atoms with E-state index in [4.69, 9.17) is 19.3 Å². The summed E-state index contributed by atoms with van der Waals surface area (Å²) in [5, 5.41) is 48.7. The van der Waals surface area contributed by atoms with Gasteiger partial charge >= 0.3 is 11.9 Å². The molecule has 178 valence electrons. The summed E-state index contributed by atoms with van der Waals surface area (Å²) in [7, 11) is 0. The van der Waals surface area contributed by atoms with Gasteiger partial charge < -0.3 is 39.7 Å². The van der Waals surface area contributed by atoms with Gasteiger partial charge in [-0.05, 0) is 33.6 Å². The van der Waals surface area contributed by atoms with Gasteiger partial charge in [0.15, 0.2) is 6.29 Å². The largest absolute Gasteiger partial charge is 0.481 e. The lowest BCUT2D eigenvalue weighted by Crippen LogP contribution is -2.60. The highest BCUT2D eigenvalue weighted by Gasteiger charge is 2.46. The van der Waals surface area contributed by atoms with Gasteiger partial charge in [0.05, 0.1) is 24.5 Å². The first-order valence-electron chi connectivity index (χ1n) is 10.1. The van der Waals surface area contributed by atoms with Crippen LogP contribution in [0.3, 0.4) is 0 Å². The number of hydrogen-bond donors (Lipinski definition) is 5. The number of aliphatic carboxylic acids is 1. The Labute approximate surface area is 181 Å². The maximum Gasteiger partial charge on any atom is 0.308 e. The first-order valence-corrected chi connectivity index (χ1v) is 10.1. The number of carbonyl (C=O) groups is 2. The zero-order valence-electron chi connectivity index (χ0n) is 18.1. The summed E-state index contributed by atoms with van der Waals surface area (Å²) in [5.41, 5.74) is 0.233. The number of rotatable bonds is 12. The highest BCUT2D eigenvalue weighted by molar-refractivity contribution is 5.72.